The summed E-state index contributed by atoms with van der Waals surface area (Å²) >= 11 is 1.64. The van der Waals surface area contributed by atoms with Gasteiger partial charge in [0.15, 0.2) is 0 Å². The van der Waals surface area contributed by atoms with Crippen LogP contribution in [0.5, 0.6) is 0 Å². The van der Waals surface area contributed by atoms with Crippen molar-refractivity contribution < 1.29 is 9.90 Å². The number of fused-ring (bicyclic) bond motifs is 1. The van der Waals surface area contributed by atoms with Crippen LogP contribution in [-0.2, 0) is 4.79 Å². The van der Waals surface area contributed by atoms with Crippen molar-refractivity contribution in [3.8, 4) is 0 Å². The number of aliphatic carboxylic acids is 1. The zero-order valence-corrected chi connectivity index (χ0v) is 12.4. The Balaban J connectivity index is 2.00. The maximum Gasteiger partial charge on any atom is 0.311 e. The average molecular weight is 291 g/mol. The topological polar surface area (TPSA) is 66.3 Å². The summed E-state index contributed by atoms with van der Waals surface area (Å²) in [4.78, 5) is 24.4. The first-order valence-corrected chi connectivity index (χ1v) is 7.51. The number of carbonyl (C=O) groups is 1. The molecule has 1 atom stereocenters. The van der Waals surface area contributed by atoms with Crippen molar-refractivity contribution in [3.63, 3.8) is 0 Å². The predicted octanol–water partition coefficient (Wildman–Crippen LogP) is 2.69. The number of aromatic nitrogens is 2. The van der Waals surface area contributed by atoms with Crippen molar-refractivity contribution in [2.24, 2.45) is 5.41 Å². The molecular formula is C14H17N3O2S. The highest BCUT2D eigenvalue weighted by atomic mass is 32.1. The molecule has 0 saturated carbocycles. The summed E-state index contributed by atoms with van der Waals surface area (Å²) in [6.07, 6.45) is 3.16. The summed E-state index contributed by atoms with van der Waals surface area (Å²) in [5.41, 5.74) is -0.694. The first kappa shape index (κ1) is 13.3. The third-order valence-corrected chi connectivity index (χ3v) is 4.90. The Hall–Kier alpha value is -1.69. The molecule has 2 aromatic heterocycles. The summed E-state index contributed by atoms with van der Waals surface area (Å²) in [6, 6.07) is 2.09. The molecule has 0 amide bonds. The van der Waals surface area contributed by atoms with Gasteiger partial charge in [-0.05, 0) is 32.8 Å². The van der Waals surface area contributed by atoms with Gasteiger partial charge in [0.25, 0.3) is 0 Å². The van der Waals surface area contributed by atoms with E-state index in [1.807, 2.05) is 13.8 Å². The van der Waals surface area contributed by atoms with Crippen LogP contribution in [-0.4, -0.2) is 34.1 Å². The SMILES string of the molecule is Cc1cc2c(N3CCCC(C)(C(=O)O)C3)ncnc2s1. The Morgan fingerprint density at radius 1 is 1.50 bits per heavy atom. The molecule has 1 aliphatic heterocycles. The third kappa shape index (κ3) is 2.14. The first-order valence-electron chi connectivity index (χ1n) is 6.69. The molecule has 0 spiro atoms. The number of nitrogens with zero attached hydrogens (tertiary/aromatic N) is 3. The second-order valence-corrected chi connectivity index (χ2v) is 6.90. The third-order valence-electron chi connectivity index (χ3n) is 3.94. The molecule has 1 N–H and O–H groups in total. The van der Waals surface area contributed by atoms with E-state index in [1.165, 1.54) is 4.88 Å². The molecule has 1 fully saturated rings. The molecule has 1 unspecified atom stereocenters. The molecule has 6 heteroatoms. The summed E-state index contributed by atoms with van der Waals surface area (Å²) in [5, 5.41) is 10.5. The minimum atomic E-state index is -0.728. The van der Waals surface area contributed by atoms with Gasteiger partial charge in [-0.1, -0.05) is 0 Å². The minimum Gasteiger partial charge on any atom is -0.481 e. The van der Waals surface area contributed by atoms with Crippen LogP contribution in [0.1, 0.15) is 24.6 Å². The number of aryl methyl sites for hydroxylation is 1. The van der Waals surface area contributed by atoms with Gasteiger partial charge < -0.3 is 10.0 Å². The van der Waals surface area contributed by atoms with E-state index in [9.17, 15) is 9.90 Å². The van der Waals surface area contributed by atoms with Gasteiger partial charge in [0.1, 0.15) is 17.0 Å². The van der Waals surface area contributed by atoms with Crippen LogP contribution in [0.4, 0.5) is 5.82 Å². The van der Waals surface area contributed by atoms with Gasteiger partial charge in [-0.3, -0.25) is 4.79 Å². The van der Waals surface area contributed by atoms with E-state index < -0.39 is 11.4 Å². The van der Waals surface area contributed by atoms with E-state index in [1.54, 1.807) is 17.7 Å². The van der Waals surface area contributed by atoms with Gasteiger partial charge in [0, 0.05) is 18.0 Å². The number of anilines is 1. The van der Waals surface area contributed by atoms with Crippen molar-refractivity contribution in [1.82, 2.24) is 9.97 Å². The largest absolute Gasteiger partial charge is 0.481 e. The van der Waals surface area contributed by atoms with Crippen LogP contribution in [0.25, 0.3) is 10.2 Å². The molecule has 3 heterocycles. The quantitative estimate of drug-likeness (QED) is 0.921. The predicted molar refractivity (Wildman–Crippen MR) is 79.3 cm³/mol. The number of carboxylic acids is 1. The lowest BCUT2D eigenvalue weighted by molar-refractivity contribution is -0.148. The van der Waals surface area contributed by atoms with Gasteiger partial charge in [-0.15, -0.1) is 11.3 Å². The van der Waals surface area contributed by atoms with Gasteiger partial charge in [0.2, 0.25) is 0 Å². The monoisotopic (exact) mass is 291 g/mol. The van der Waals surface area contributed by atoms with Crippen molar-refractivity contribution in [3.05, 3.63) is 17.3 Å². The second kappa shape index (κ2) is 4.70. The first-order chi connectivity index (χ1) is 9.49. The molecule has 2 aromatic rings. The molecular weight excluding hydrogens is 274 g/mol. The Kier molecular flexibility index (Phi) is 3.12. The Bertz CT molecular complexity index is 669. The number of carboxylic acid groups (broad SMARTS) is 1. The molecule has 3 rings (SSSR count). The molecule has 0 bridgehead atoms. The lowest BCUT2D eigenvalue weighted by atomic mass is 9.82. The number of hydrogen-bond donors (Lipinski definition) is 1. The smallest absolute Gasteiger partial charge is 0.311 e. The van der Waals surface area contributed by atoms with E-state index in [4.69, 9.17) is 0 Å². The van der Waals surface area contributed by atoms with Crippen molar-refractivity contribution in [1.29, 1.82) is 0 Å². The highest BCUT2D eigenvalue weighted by Gasteiger charge is 2.38. The minimum absolute atomic E-state index is 0.503. The zero-order chi connectivity index (χ0) is 14.3. The van der Waals surface area contributed by atoms with Crippen LogP contribution in [0.3, 0.4) is 0 Å². The lowest BCUT2D eigenvalue weighted by Gasteiger charge is -2.38. The Labute approximate surface area is 121 Å². The van der Waals surface area contributed by atoms with Crippen LogP contribution >= 0.6 is 11.3 Å². The fraction of sp³-hybridized carbons (Fsp3) is 0.500. The summed E-state index contributed by atoms with van der Waals surface area (Å²) in [6.45, 7) is 5.22. The van der Waals surface area contributed by atoms with Crippen molar-refractivity contribution in [2.45, 2.75) is 26.7 Å². The molecule has 5 nitrogen and oxygen atoms in total. The molecule has 0 aliphatic carbocycles. The summed E-state index contributed by atoms with van der Waals surface area (Å²) in [5.74, 6) is 0.139. The zero-order valence-electron chi connectivity index (χ0n) is 11.6. The van der Waals surface area contributed by atoms with Crippen LogP contribution in [0, 0.1) is 12.3 Å². The normalized spacial score (nSPS) is 23.2. The standard InChI is InChI=1S/C14H17N3O2S/c1-9-6-10-11(15-8-16-12(10)20-9)17-5-3-4-14(2,7-17)13(18)19/h6,8H,3-5,7H2,1-2H3,(H,18,19). The Morgan fingerprint density at radius 3 is 3.05 bits per heavy atom. The van der Waals surface area contributed by atoms with Gasteiger partial charge in [-0.25, -0.2) is 9.97 Å². The van der Waals surface area contributed by atoms with Gasteiger partial charge in [0.05, 0.1) is 10.8 Å². The molecule has 1 aliphatic rings. The van der Waals surface area contributed by atoms with E-state index in [0.717, 1.165) is 35.4 Å². The fourth-order valence-electron chi connectivity index (χ4n) is 2.81. The molecule has 106 valence electrons. The van der Waals surface area contributed by atoms with E-state index >= 15 is 0 Å². The van der Waals surface area contributed by atoms with Crippen molar-refractivity contribution >= 4 is 33.3 Å². The Morgan fingerprint density at radius 2 is 2.30 bits per heavy atom. The van der Waals surface area contributed by atoms with Crippen LogP contribution in [0.15, 0.2) is 12.4 Å². The van der Waals surface area contributed by atoms with Gasteiger partial charge in [-0.2, -0.15) is 0 Å². The molecule has 0 aromatic carbocycles. The second-order valence-electron chi connectivity index (χ2n) is 5.66. The molecule has 20 heavy (non-hydrogen) atoms. The molecule has 1 saturated heterocycles. The maximum absolute atomic E-state index is 11.5. The number of rotatable bonds is 2. The number of piperidine rings is 1. The van der Waals surface area contributed by atoms with Crippen LogP contribution < -0.4 is 4.90 Å². The number of thiophene rings is 1. The van der Waals surface area contributed by atoms with E-state index in [0.29, 0.717) is 6.54 Å². The average Bonchev–Trinajstić information content (AvgIpc) is 2.78. The summed E-state index contributed by atoms with van der Waals surface area (Å²) < 4.78 is 0. The fourth-order valence-corrected chi connectivity index (χ4v) is 3.65. The van der Waals surface area contributed by atoms with E-state index in [-0.39, 0.29) is 0 Å². The lowest BCUT2D eigenvalue weighted by Crippen LogP contribution is -2.46. The van der Waals surface area contributed by atoms with Gasteiger partial charge >= 0.3 is 5.97 Å². The summed E-state index contributed by atoms with van der Waals surface area (Å²) in [7, 11) is 0. The highest BCUT2D eigenvalue weighted by Crippen LogP contribution is 2.35. The molecule has 0 radical (unpaired) electrons. The van der Waals surface area contributed by atoms with Crippen molar-refractivity contribution in [2.75, 3.05) is 18.0 Å². The highest BCUT2D eigenvalue weighted by molar-refractivity contribution is 7.18. The van der Waals surface area contributed by atoms with E-state index in [2.05, 4.69) is 20.9 Å². The number of hydrogen-bond acceptors (Lipinski definition) is 5. The maximum atomic E-state index is 11.5. The van der Waals surface area contributed by atoms with Crippen LogP contribution in [0.2, 0.25) is 0 Å².